The highest BCUT2D eigenvalue weighted by Gasteiger charge is 2.34. The number of nitrogens with zero attached hydrogens (tertiary/aromatic N) is 4. The molecule has 1 atom stereocenters. The normalized spacial score (nSPS) is 16.6. The van der Waals surface area contributed by atoms with Crippen LogP contribution in [0.1, 0.15) is 32.4 Å². The van der Waals surface area contributed by atoms with Gasteiger partial charge < -0.3 is 10.2 Å². The molecule has 0 spiro atoms. The molecule has 0 unspecified atom stereocenters. The van der Waals surface area contributed by atoms with Crippen molar-refractivity contribution in [1.29, 1.82) is 0 Å². The number of nitrogens with one attached hydrogen (secondary N) is 1. The molecule has 0 fully saturated rings. The van der Waals surface area contributed by atoms with E-state index in [-0.39, 0.29) is 11.9 Å². The zero-order valence-corrected chi connectivity index (χ0v) is 14.7. The fraction of sp³-hybridized carbons (Fsp3) is 0.353. The molecule has 1 aromatic heterocycles. The van der Waals surface area contributed by atoms with Gasteiger partial charge in [-0.2, -0.15) is 10.1 Å². The number of benzene rings is 1. The van der Waals surface area contributed by atoms with Crippen LogP contribution in [-0.4, -0.2) is 38.7 Å². The lowest BCUT2D eigenvalue weighted by Crippen LogP contribution is -2.38. The molecule has 24 heavy (non-hydrogen) atoms. The Morgan fingerprint density at radius 1 is 1.29 bits per heavy atom. The number of amides is 1. The van der Waals surface area contributed by atoms with Crippen LogP contribution in [0.2, 0.25) is 5.02 Å². The average Bonchev–Trinajstić information content (AvgIpc) is 3.03. The molecule has 1 N–H and O–H groups in total. The second-order valence-corrected chi connectivity index (χ2v) is 6.06. The molecule has 0 radical (unpaired) electrons. The van der Waals surface area contributed by atoms with Crippen molar-refractivity contribution < 1.29 is 4.79 Å². The molecule has 1 aromatic carbocycles. The number of fused-ring (bicyclic) bond motifs is 1. The summed E-state index contributed by atoms with van der Waals surface area (Å²) in [5, 5.41) is 8.16. The maximum atomic E-state index is 13.1. The Balaban J connectivity index is 2.13. The van der Waals surface area contributed by atoms with Gasteiger partial charge >= 0.3 is 0 Å². The van der Waals surface area contributed by atoms with Crippen LogP contribution >= 0.6 is 11.6 Å². The first-order valence-electron chi connectivity index (χ1n) is 7.98. The summed E-state index contributed by atoms with van der Waals surface area (Å²) in [6, 6.07) is 7.17. The van der Waals surface area contributed by atoms with Crippen LogP contribution in [0, 0.1) is 0 Å². The van der Waals surface area contributed by atoms with E-state index in [9.17, 15) is 4.79 Å². The highest BCUT2D eigenvalue weighted by Crippen LogP contribution is 2.35. The summed E-state index contributed by atoms with van der Waals surface area (Å²) in [6.45, 7) is 7.17. The molecular weight excluding hydrogens is 326 g/mol. The van der Waals surface area contributed by atoms with E-state index in [1.54, 1.807) is 4.68 Å². The van der Waals surface area contributed by atoms with E-state index in [1.807, 2.05) is 49.9 Å². The van der Waals surface area contributed by atoms with E-state index in [4.69, 9.17) is 11.6 Å². The zero-order chi connectivity index (χ0) is 17.3. The third-order valence-corrected chi connectivity index (χ3v) is 4.51. The number of allylic oxidation sites excluding steroid dienone is 1. The van der Waals surface area contributed by atoms with Crippen LogP contribution in [0.15, 0.2) is 41.9 Å². The number of halogens is 1. The molecule has 7 heteroatoms. The monoisotopic (exact) mass is 345 g/mol. The second kappa shape index (κ2) is 6.65. The predicted octanol–water partition coefficient (Wildman–Crippen LogP) is 3.09. The molecule has 3 rings (SSSR count). The van der Waals surface area contributed by atoms with E-state index in [1.165, 1.54) is 6.33 Å². The molecular formula is C17H20ClN5O. The third kappa shape index (κ3) is 2.78. The number of carbonyl (C=O) groups excluding carboxylic acids is 1. The van der Waals surface area contributed by atoms with E-state index < -0.39 is 0 Å². The summed E-state index contributed by atoms with van der Waals surface area (Å²) in [6.07, 6.45) is 1.49. The summed E-state index contributed by atoms with van der Waals surface area (Å²) in [4.78, 5) is 19.1. The Bertz CT molecular complexity index is 777. The molecule has 1 amide bonds. The van der Waals surface area contributed by atoms with Crippen LogP contribution in [0.4, 0.5) is 5.95 Å². The van der Waals surface area contributed by atoms with Gasteiger partial charge in [-0.05, 0) is 38.5 Å². The first-order valence-corrected chi connectivity index (χ1v) is 8.36. The van der Waals surface area contributed by atoms with Crippen molar-refractivity contribution in [2.24, 2.45) is 0 Å². The van der Waals surface area contributed by atoms with E-state index in [0.717, 1.165) is 11.3 Å². The standard InChI is InChI=1S/C17H20ClN5O/c1-4-22(5-2)16(24)14-11(3)21-17-19-10-20-23(17)15(14)12-6-8-13(18)9-7-12/h6-10,15H,4-5H2,1-3H3,(H,19,20,21)/t15-/m1/s1. The van der Waals surface area contributed by atoms with Gasteiger partial charge in [0.05, 0.1) is 5.57 Å². The minimum atomic E-state index is -0.325. The number of carbonyl (C=O) groups is 1. The van der Waals surface area contributed by atoms with Crippen molar-refractivity contribution in [2.75, 3.05) is 18.4 Å². The minimum absolute atomic E-state index is 0.00565. The first-order chi connectivity index (χ1) is 11.6. The van der Waals surface area contributed by atoms with Gasteiger partial charge in [-0.25, -0.2) is 4.68 Å². The molecule has 1 aliphatic heterocycles. The molecule has 0 saturated heterocycles. The van der Waals surface area contributed by atoms with Crippen molar-refractivity contribution in [3.8, 4) is 0 Å². The van der Waals surface area contributed by atoms with Crippen molar-refractivity contribution >= 4 is 23.5 Å². The lowest BCUT2D eigenvalue weighted by molar-refractivity contribution is -0.127. The third-order valence-electron chi connectivity index (χ3n) is 4.26. The van der Waals surface area contributed by atoms with Crippen LogP contribution < -0.4 is 5.32 Å². The molecule has 0 bridgehead atoms. The predicted molar refractivity (Wildman–Crippen MR) is 93.9 cm³/mol. The largest absolute Gasteiger partial charge is 0.339 e. The number of hydrogen-bond donors (Lipinski definition) is 1. The van der Waals surface area contributed by atoms with E-state index in [2.05, 4.69) is 15.4 Å². The van der Waals surface area contributed by atoms with E-state index in [0.29, 0.717) is 29.6 Å². The van der Waals surface area contributed by atoms with Gasteiger partial charge in [0, 0.05) is 23.8 Å². The summed E-state index contributed by atoms with van der Waals surface area (Å²) in [5.41, 5.74) is 2.42. The maximum Gasteiger partial charge on any atom is 0.254 e. The Hall–Kier alpha value is -2.34. The summed E-state index contributed by atoms with van der Waals surface area (Å²) in [5.74, 6) is 0.634. The Kier molecular flexibility index (Phi) is 4.57. The van der Waals surface area contributed by atoms with Gasteiger partial charge in [-0.1, -0.05) is 23.7 Å². The second-order valence-electron chi connectivity index (χ2n) is 5.62. The van der Waals surface area contributed by atoms with Gasteiger partial charge in [0.25, 0.3) is 5.91 Å². The molecule has 6 nitrogen and oxygen atoms in total. The first kappa shape index (κ1) is 16.5. The lowest BCUT2D eigenvalue weighted by atomic mass is 9.94. The topological polar surface area (TPSA) is 63.1 Å². The molecule has 2 heterocycles. The molecule has 1 aliphatic rings. The van der Waals surface area contributed by atoms with Gasteiger partial charge in [-0.15, -0.1) is 0 Å². The molecule has 0 saturated carbocycles. The number of anilines is 1. The Morgan fingerprint density at radius 3 is 2.58 bits per heavy atom. The fourth-order valence-electron chi connectivity index (χ4n) is 3.00. The SMILES string of the molecule is CCN(CC)C(=O)C1=C(C)Nc2ncnn2[C@@H]1c1ccc(Cl)cc1. The Labute approximate surface area is 146 Å². The zero-order valence-electron chi connectivity index (χ0n) is 14.0. The highest BCUT2D eigenvalue weighted by molar-refractivity contribution is 6.30. The summed E-state index contributed by atoms with van der Waals surface area (Å²) in [7, 11) is 0. The van der Waals surface area contributed by atoms with Gasteiger partial charge in [0.15, 0.2) is 0 Å². The van der Waals surface area contributed by atoms with Gasteiger partial charge in [-0.3, -0.25) is 4.79 Å². The molecule has 126 valence electrons. The maximum absolute atomic E-state index is 13.1. The van der Waals surface area contributed by atoms with Crippen LogP contribution in [0.3, 0.4) is 0 Å². The number of likely N-dealkylation sites (N-methyl/N-ethyl adjacent to an activating group) is 1. The van der Waals surface area contributed by atoms with Crippen LogP contribution in [0.25, 0.3) is 0 Å². The van der Waals surface area contributed by atoms with Gasteiger partial charge in [0.1, 0.15) is 12.4 Å². The smallest absolute Gasteiger partial charge is 0.254 e. The number of aromatic nitrogens is 3. The van der Waals surface area contributed by atoms with Crippen molar-refractivity contribution in [2.45, 2.75) is 26.8 Å². The molecule has 2 aromatic rings. The van der Waals surface area contributed by atoms with Crippen LogP contribution in [-0.2, 0) is 4.79 Å². The molecule has 0 aliphatic carbocycles. The summed E-state index contributed by atoms with van der Waals surface area (Å²) < 4.78 is 1.74. The van der Waals surface area contributed by atoms with Crippen LogP contribution in [0.5, 0.6) is 0 Å². The van der Waals surface area contributed by atoms with Crippen molar-refractivity contribution in [3.05, 3.63) is 52.4 Å². The fourth-order valence-corrected chi connectivity index (χ4v) is 3.13. The van der Waals surface area contributed by atoms with Gasteiger partial charge in [0.2, 0.25) is 5.95 Å². The number of hydrogen-bond acceptors (Lipinski definition) is 4. The minimum Gasteiger partial charge on any atom is -0.339 e. The highest BCUT2D eigenvalue weighted by atomic mass is 35.5. The van der Waals surface area contributed by atoms with Crippen molar-refractivity contribution in [1.82, 2.24) is 19.7 Å². The summed E-state index contributed by atoms with van der Waals surface area (Å²) >= 11 is 6.02. The van der Waals surface area contributed by atoms with Crippen molar-refractivity contribution in [3.63, 3.8) is 0 Å². The average molecular weight is 346 g/mol. The van der Waals surface area contributed by atoms with E-state index >= 15 is 0 Å². The lowest BCUT2D eigenvalue weighted by Gasteiger charge is -2.31. The quantitative estimate of drug-likeness (QED) is 0.924. The Morgan fingerprint density at radius 2 is 1.96 bits per heavy atom. The number of rotatable bonds is 4.